The summed E-state index contributed by atoms with van der Waals surface area (Å²) in [7, 11) is 0. The van der Waals surface area contributed by atoms with Crippen LogP contribution in [-0.2, 0) is 13.0 Å². The lowest BCUT2D eigenvalue weighted by Gasteiger charge is -2.07. The number of hydrogen-bond acceptors (Lipinski definition) is 2. The van der Waals surface area contributed by atoms with Gasteiger partial charge in [-0.2, -0.15) is 0 Å². The highest BCUT2D eigenvalue weighted by Crippen LogP contribution is 2.15. The van der Waals surface area contributed by atoms with Gasteiger partial charge in [-0.05, 0) is 29.8 Å². The Morgan fingerprint density at radius 3 is 2.67 bits per heavy atom. The zero-order valence-electron chi connectivity index (χ0n) is 12.3. The zero-order valence-corrected chi connectivity index (χ0v) is 12.3. The van der Waals surface area contributed by atoms with Gasteiger partial charge in [-0.25, -0.2) is 0 Å². The largest absolute Gasteiger partial charge is 0.313 e. The van der Waals surface area contributed by atoms with Crippen molar-refractivity contribution < 1.29 is 0 Å². The number of rotatable bonds is 5. The van der Waals surface area contributed by atoms with Crippen molar-refractivity contribution in [2.24, 2.45) is 0 Å². The molecule has 0 aliphatic carbocycles. The summed E-state index contributed by atoms with van der Waals surface area (Å²) in [6.45, 7) is 4.05. The molecular weight excluding hydrogens is 256 g/mol. The van der Waals surface area contributed by atoms with E-state index in [1.165, 1.54) is 16.5 Å². The van der Waals surface area contributed by atoms with Crippen molar-refractivity contribution in [3.05, 3.63) is 77.5 Å². The molecule has 2 nitrogen and oxygen atoms in total. The number of para-hydroxylation sites is 1. The summed E-state index contributed by atoms with van der Waals surface area (Å²) < 4.78 is 0. The van der Waals surface area contributed by atoms with E-state index >= 15 is 0 Å². The molecule has 106 valence electrons. The van der Waals surface area contributed by atoms with Gasteiger partial charge < -0.3 is 5.32 Å². The number of aromatic nitrogens is 1. The summed E-state index contributed by atoms with van der Waals surface area (Å²) >= 11 is 0. The van der Waals surface area contributed by atoms with Crippen molar-refractivity contribution in [3.8, 4) is 0 Å². The second-order valence-electron chi connectivity index (χ2n) is 5.27. The second kappa shape index (κ2) is 6.51. The summed E-state index contributed by atoms with van der Waals surface area (Å²) in [5.41, 5.74) is 4.83. The van der Waals surface area contributed by atoms with Crippen LogP contribution < -0.4 is 5.32 Å². The van der Waals surface area contributed by atoms with Gasteiger partial charge >= 0.3 is 0 Å². The van der Waals surface area contributed by atoms with Crippen LogP contribution in [-0.4, -0.2) is 11.5 Å². The maximum absolute atomic E-state index is 4.75. The first-order valence-corrected chi connectivity index (χ1v) is 7.48. The quantitative estimate of drug-likeness (QED) is 0.763. The van der Waals surface area contributed by atoms with Crippen LogP contribution in [0.25, 0.3) is 10.9 Å². The summed E-state index contributed by atoms with van der Waals surface area (Å²) in [4.78, 5) is 4.75. The van der Waals surface area contributed by atoms with Crippen LogP contribution in [0.3, 0.4) is 0 Å². The average Bonchev–Trinajstić information content (AvgIpc) is 2.53. The monoisotopic (exact) mass is 276 g/mol. The lowest BCUT2D eigenvalue weighted by atomic mass is 10.1. The van der Waals surface area contributed by atoms with E-state index < -0.39 is 0 Å². The Kier molecular flexibility index (Phi) is 4.27. The topological polar surface area (TPSA) is 24.9 Å². The predicted molar refractivity (Wildman–Crippen MR) is 88.4 cm³/mol. The second-order valence-corrected chi connectivity index (χ2v) is 5.27. The molecule has 0 aliphatic rings. The molecule has 0 radical (unpaired) electrons. The zero-order chi connectivity index (χ0) is 14.5. The summed E-state index contributed by atoms with van der Waals surface area (Å²) in [6, 6.07) is 21.3. The lowest BCUT2D eigenvalue weighted by Crippen LogP contribution is -2.11. The molecule has 0 saturated carbocycles. The van der Waals surface area contributed by atoms with E-state index in [1.54, 1.807) is 0 Å². The molecule has 0 atom stereocenters. The van der Waals surface area contributed by atoms with E-state index in [4.69, 9.17) is 4.98 Å². The summed E-state index contributed by atoms with van der Waals surface area (Å²) in [5, 5.41) is 4.56. The third-order valence-electron chi connectivity index (χ3n) is 3.61. The van der Waals surface area contributed by atoms with Crippen LogP contribution in [0.15, 0.2) is 60.7 Å². The van der Waals surface area contributed by atoms with Gasteiger partial charge in [-0.15, -0.1) is 0 Å². The van der Waals surface area contributed by atoms with Gasteiger partial charge in [0.2, 0.25) is 0 Å². The smallest absolute Gasteiger partial charge is 0.0705 e. The lowest BCUT2D eigenvalue weighted by molar-refractivity contribution is 0.726. The molecule has 21 heavy (non-hydrogen) atoms. The molecule has 3 rings (SSSR count). The third kappa shape index (κ3) is 3.47. The third-order valence-corrected chi connectivity index (χ3v) is 3.61. The normalized spacial score (nSPS) is 10.9. The van der Waals surface area contributed by atoms with Crippen molar-refractivity contribution in [1.82, 2.24) is 10.3 Å². The summed E-state index contributed by atoms with van der Waals surface area (Å²) in [5.74, 6) is 0. The minimum Gasteiger partial charge on any atom is -0.313 e. The Hall–Kier alpha value is -2.19. The van der Waals surface area contributed by atoms with Crippen molar-refractivity contribution in [1.29, 1.82) is 0 Å². The van der Waals surface area contributed by atoms with Crippen molar-refractivity contribution in [3.63, 3.8) is 0 Å². The molecule has 0 aliphatic heterocycles. The van der Waals surface area contributed by atoms with Gasteiger partial charge in [-0.1, -0.05) is 55.5 Å². The first kappa shape index (κ1) is 13.8. The highest BCUT2D eigenvalue weighted by molar-refractivity contribution is 5.78. The van der Waals surface area contributed by atoms with Crippen LogP contribution in [0.4, 0.5) is 0 Å². The SMILES string of the molecule is CCNCc1cccc(Cc2ccc3ccccc3n2)c1. The van der Waals surface area contributed by atoms with Crippen molar-refractivity contribution in [2.75, 3.05) is 6.54 Å². The van der Waals surface area contributed by atoms with Crippen molar-refractivity contribution in [2.45, 2.75) is 19.9 Å². The van der Waals surface area contributed by atoms with E-state index in [0.717, 1.165) is 30.7 Å². The van der Waals surface area contributed by atoms with E-state index in [1.807, 2.05) is 12.1 Å². The highest BCUT2D eigenvalue weighted by Gasteiger charge is 2.01. The number of nitrogens with zero attached hydrogens (tertiary/aromatic N) is 1. The van der Waals surface area contributed by atoms with Gasteiger partial charge in [-0.3, -0.25) is 4.98 Å². The fraction of sp³-hybridized carbons (Fsp3) is 0.211. The fourth-order valence-corrected chi connectivity index (χ4v) is 2.53. The van der Waals surface area contributed by atoms with Crippen LogP contribution in [0, 0.1) is 0 Å². The molecule has 0 amide bonds. The van der Waals surface area contributed by atoms with E-state index in [-0.39, 0.29) is 0 Å². The van der Waals surface area contributed by atoms with Gasteiger partial charge in [0.1, 0.15) is 0 Å². The average molecular weight is 276 g/mol. The minimum absolute atomic E-state index is 0.880. The van der Waals surface area contributed by atoms with Gasteiger partial charge in [0, 0.05) is 24.0 Å². The summed E-state index contributed by atoms with van der Waals surface area (Å²) in [6.07, 6.45) is 0.880. The fourth-order valence-electron chi connectivity index (χ4n) is 2.53. The Bertz CT molecular complexity index is 734. The molecule has 3 aromatic rings. The van der Waals surface area contributed by atoms with E-state index in [9.17, 15) is 0 Å². The predicted octanol–water partition coefficient (Wildman–Crippen LogP) is 3.94. The minimum atomic E-state index is 0.880. The Balaban J connectivity index is 1.81. The van der Waals surface area contributed by atoms with Gasteiger partial charge in [0.25, 0.3) is 0 Å². The molecule has 0 unspecified atom stereocenters. The maximum Gasteiger partial charge on any atom is 0.0705 e. The van der Waals surface area contributed by atoms with Crippen LogP contribution >= 0.6 is 0 Å². The number of benzene rings is 2. The highest BCUT2D eigenvalue weighted by atomic mass is 14.8. The Morgan fingerprint density at radius 2 is 1.76 bits per heavy atom. The Labute approximate surface area is 125 Å². The standard InChI is InChI=1S/C19H20N2/c1-2-20-14-16-7-5-6-15(12-16)13-18-11-10-17-8-3-4-9-19(17)21-18/h3-12,20H,2,13-14H2,1H3. The van der Waals surface area contributed by atoms with Crippen LogP contribution in [0.1, 0.15) is 23.7 Å². The van der Waals surface area contributed by atoms with Gasteiger partial charge in [0.15, 0.2) is 0 Å². The molecule has 0 fully saturated rings. The molecule has 0 bridgehead atoms. The van der Waals surface area contributed by atoms with E-state index in [2.05, 4.69) is 60.8 Å². The maximum atomic E-state index is 4.75. The van der Waals surface area contributed by atoms with Crippen LogP contribution in [0.2, 0.25) is 0 Å². The Morgan fingerprint density at radius 1 is 0.905 bits per heavy atom. The van der Waals surface area contributed by atoms with Gasteiger partial charge in [0.05, 0.1) is 5.52 Å². The number of fused-ring (bicyclic) bond motifs is 1. The van der Waals surface area contributed by atoms with Crippen LogP contribution in [0.5, 0.6) is 0 Å². The molecule has 2 heteroatoms. The molecule has 0 spiro atoms. The molecule has 1 heterocycles. The number of nitrogens with one attached hydrogen (secondary N) is 1. The number of hydrogen-bond donors (Lipinski definition) is 1. The molecule has 1 N–H and O–H groups in total. The molecule has 2 aromatic carbocycles. The molecule has 0 saturated heterocycles. The van der Waals surface area contributed by atoms with E-state index in [0.29, 0.717) is 0 Å². The number of pyridine rings is 1. The van der Waals surface area contributed by atoms with Crippen molar-refractivity contribution >= 4 is 10.9 Å². The first-order valence-electron chi connectivity index (χ1n) is 7.48. The first-order chi connectivity index (χ1) is 10.3. The molecular formula is C19H20N2. The molecule has 1 aromatic heterocycles.